The lowest BCUT2D eigenvalue weighted by Gasteiger charge is -2.40. The Balaban J connectivity index is 1.60. The van der Waals surface area contributed by atoms with E-state index in [0.717, 1.165) is 37.6 Å². The van der Waals surface area contributed by atoms with Crippen LogP contribution in [0.25, 0.3) is 0 Å². The molecule has 1 heterocycles. The van der Waals surface area contributed by atoms with Gasteiger partial charge in [-0.2, -0.15) is 0 Å². The summed E-state index contributed by atoms with van der Waals surface area (Å²) in [6.07, 6.45) is 0.561. The molecule has 0 radical (unpaired) electrons. The van der Waals surface area contributed by atoms with E-state index in [2.05, 4.69) is 26.5 Å². The monoisotopic (exact) mass is 438 g/mol. The van der Waals surface area contributed by atoms with Gasteiger partial charge in [0.15, 0.2) is 0 Å². The number of nitrogens with one attached hydrogen (secondary N) is 2. The molecule has 1 fully saturated rings. The van der Waals surface area contributed by atoms with Crippen molar-refractivity contribution in [3.8, 4) is 5.75 Å². The van der Waals surface area contributed by atoms with Crippen LogP contribution >= 0.6 is 0 Å². The highest BCUT2D eigenvalue weighted by Gasteiger charge is 2.30. The summed E-state index contributed by atoms with van der Waals surface area (Å²) in [4.78, 5) is 29.8. The molecule has 3 rings (SSSR count). The average Bonchev–Trinajstić information content (AvgIpc) is 2.82. The second-order valence-electron chi connectivity index (χ2n) is 8.28. The summed E-state index contributed by atoms with van der Waals surface area (Å²) in [5, 5.41) is 6.00. The van der Waals surface area contributed by atoms with Gasteiger partial charge in [0, 0.05) is 44.3 Å². The van der Waals surface area contributed by atoms with Gasteiger partial charge in [-0.05, 0) is 44.5 Å². The highest BCUT2D eigenvalue weighted by molar-refractivity contribution is 5.94. The van der Waals surface area contributed by atoms with Gasteiger partial charge < -0.3 is 20.3 Å². The van der Waals surface area contributed by atoms with Crippen molar-refractivity contribution >= 4 is 17.5 Å². The minimum absolute atomic E-state index is 0.0136. The van der Waals surface area contributed by atoms with Crippen LogP contribution in [-0.4, -0.2) is 68.6 Å². The predicted molar refractivity (Wildman–Crippen MR) is 127 cm³/mol. The molecule has 7 nitrogen and oxygen atoms in total. The van der Waals surface area contributed by atoms with Crippen LogP contribution in [0, 0.1) is 0 Å². The van der Waals surface area contributed by atoms with Crippen LogP contribution in [-0.2, 0) is 4.79 Å². The lowest BCUT2D eigenvalue weighted by Crippen LogP contribution is -2.56. The van der Waals surface area contributed by atoms with Crippen molar-refractivity contribution < 1.29 is 14.3 Å². The summed E-state index contributed by atoms with van der Waals surface area (Å²) in [6.45, 7) is 7.51. The normalized spacial score (nSPS) is 15.3. The first kappa shape index (κ1) is 23.6. The van der Waals surface area contributed by atoms with Crippen LogP contribution in [0.2, 0.25) is 0 Å². The fraction of sp³-hybridized carbons (Fsp3) is 0.440. The smallest absolute Gasteiger partial charge is 0.251 e. The maximum absolute atomic E-state index is 13.0. The highest BCUT2D eigenvalue weighted by atomic mass is 16.5. The number of anilines is 1. The van der Waals surface area contributed by atoms with Crippen molar-refractivity contribution in [3.63, 3.8) is 0 Å². The third-order valence-corrected chi connectivity index (χ3v) is 5.65. The van der Waals surface area contributed by atoms with E-state index in [1.165, 1.54) is 0 Å². The minimum atomic E-state index is -0.284. The van der Waals surface area contributed by atoms with Crippen molar-refractivity contribution in [3.05, 3.63) is 60.2 Å². The lowest BCUT2D eigenvalue weighted by molar-refractivity contribution is -0.127. The zero-order valence-electron chi connectivity index (χ0n) is 19.2. The summed E-state index contributed by atoms with van der Waals surface area (Å²) in [5.74, 6) is 0.757. The minimum Gasteiger partial charge on any atom is -0.495 e. The first-order chi connectivity index (χ1) is 15.5. The van der Waals surface area contributed by atoms with Gasteiger partial charge in [-0.1, -0.05) is 30.3 Å². The summed E-state index contributed by atoms with van der Waals surface area (Å²) >= 11 is 0. The Hall–Kier alpha value is -3.06. The number of nitrogens with zero attached hydrogens (tertiary/aromatic N) is 2. The first-order valence-electron chi connectivity index (χ1n) is 11.2. The number of para-hydroxylation sites is 2. The van der Waals surface area contributed by atoms with Gasteiger partial charge in [0.05, 0.1) is 18.8 Å². The predicted octanol–water partition coefficient (Wildman–Crippen LogP) is 2.53. The summed E-state index contributed by atoms with van der Waals surface area (Å²) in [6, 6.07) is 16.9. The summed E-state index contributed by atoms with van der Waals surface area (Å²) in [5.41, 5.74) is 1.70. The molecule has 0 aliphatic carbocycles. The number of ether oxygens (including phenoxy) is 1. The van der Waals surface area contributed by atoms with Crippen LogP contribution in [0.4, 0.5) is 5.69 Å². The molecule has 1 aliphatic heterocycles. The van der Waals surface area contributed by atoms with E-state index < -0.39 is 0 Å². The number of carbonyl (C=O) groups is 2. The summed E-state index contributed by atoms with van der Waals surface area (Å²) < 4.78 is 5.51. The molecule has 32 heavy (non-hydrogen) atoms. The van der Waals surface area contributed by atoms with Crippen LogP contribution < -0.4 is 20.3 Å². The van der Waals surface area contributed by atoms with E-state index in [1.54, 1.807) is 19.2 Å². The largest absolute Gasteiger partial charge is 0.495 e. The van der Waals surface area contributed by atoms with Gasteiger partial charge in [-0.25, -0.2) is 0 Å². The highest BCUT2D eigenvalue weighted by Crippen LogP contribution is 2.28. The number of amides is 2. The van der Waals surface area contributed by atoms with Crippen molar-refractivity contribution in [2.45, 2.75) is 32.4 Å². The Labute approximate surface area is 190 Å². The second-order valence-corrected chi connectivity index (χ2v) is 8.28. The molecule has 0 saturated carbocycles. The third-order valence-electron chi connectivity index (χ3n) is 5.65. The van der Waals surface area contributed by atoms with Crippen molar-refractivity contribution in [1.82, 2.24) is 15.5 Å². The van der Waals surface area contributed by atoms with Gasteiger partial charge in [-0.3, -0.25) is 14.5 Å². The first-order valence-corrected chi connectivity index (χ1v) is 11.2. The molecule has 2 aromatic rings. The molecule has 0 bridgehead atoms. The molecule has 1 atom stereocenters. The van der Waals surface area contributed by atoms with E-state index in [0.29, 0.717) is 18.5 Å². The molecular weight excluding hydrogens is 404 g/mol. The number of methoxy groups -OCH3 is 1. The maximum Gasteiger partial charge on any atom is 0.251 e. The van der Waals surface area contributed by atoms with Gasteiger partial charge >= 0.3 is 0 Å². The molecule has 1 saturated heterocycles. The van der Waals surface area contributed by atoms with Gasteiger partial charge in [-0.15, -0.1) is 0 Å². The molecule has 172 valence electrons. The third kappa shape index (κ3) is 6.23. The maximum atomic E-state index is 13.0. The number of rotatable bonds is 9. The van der Waals surface area contributed by atoms with E-state index in [1.807, 2.05) is 50.2 Å². The van der Waals surface area contributed by atoms with Gasteiger partial charge in [0.2, 0.25) is 5.91 Å². The Bertz CT molecular complexity index is 880. The molecular formula is C25H34N4O3. The second kappa shape index (κ2) is 11.5. The standard InChI is InChI=1S/C25H34N4O3/c1-19(2)27-25(31)22(13-14-26-24(30)20-9-5-4-6-10-20)29-17-15-28(16-18-29)21-11-7-8-12-23(21)32-3/h4-12,19,22H,13-18H2,1-3H3,(H,26,30)(H,27,31). The fourth-order valence-corrected chi connectivity index (χ4v) is 4.04. The van der Waals surface area contributed by atoms with E-state index >= 15 is 0 Å². The number of hydrogen-bond donors (Lipinski definition) is 2. The Morgan fingerprint density at radius 3 is 2.28 bits per heavy atom. The Morgan fingerprint density at radius 2 is 1.62 bits per heavy atom. The number of hydrogen-bond acceptors (Lipinski definition) is 5. The molecule has 0 spiro atoms. The number of benzene rings is 2. The van der Waals surface area contributed by atoms with Crippen molar-refractivity contribution in [2.24, 2.45) is 0 Å². The van der Waals surface area contributed by atoms with Gasteiger partial charge in [0.25, 0.3) is 5.91 Å². The average molecular weight is 439 g/mol. The molecule has 0 aromatic heterocycles. The number of carbonyl (C=O) groups excluding carboxylic acids is 2. The van der Waals surface area contributed by atoms with E-state index in [9.17, 15) is 9.59 Å². The molecule has 2 N–H and O–H groups in total. The summed E-state index contributed by atoms with van der Waals surface area (Å²) in [7, 11) is 1.69. The molecule has 2 aromatic carbocycles. The molecule has 2 amide bonds. The van der Waals surface area contributed by atoms with Crippen LogP contribution in [0.1, 0.15) is 30.6 Å². The van der Waals surface area contributed by atoms with Gasteiger partial charge in [0.1, 0.15) is 5.75 Å². The van der Waals surface area contributed by atoms with Crippen LogP contribution in [0.15, 0.2) is 54.6 Å². The van der Waals surface area contributed by atoms with E-state index in [-0.39, 0.29) is 23.9 Å². The Kier molecular flexibility index (Phi) is 8.50. The quantitative estimate of drug-likeness (QED) is 0.629. The van der Waals surface area contributed by atoms with Crippen molar-refractivity contribution in [2.75, 3.05) is 44.7 Å². The van der Waals surface area contributed by atoms with Crippen molar-refractivity contribution in [1.29, 1.82) is 0 Å². The topological polar surface area (TPSA) is 73.9 Å². The Morgan fingerprint density at radius 1 is 0.969 bits per heavy atom. The lowest BCUT2D eigenvalue weighted by atomic mass is 10.1. The zero-order valence-corrected chi connectivity index (χ0v) is 19.2. The molecule has 7 heteroatoms. The van der Waals surface area contributed by atoms with Crippen LogP contribution in [0.5, 0.6) is 5.75 Å². The van der Waals surface area contributed by atoms with E-state index in [4.69, 9.17) is 4.74 Å². The fourth-order valence-electron chi connectivity index (χ4n) is 4.04. The molecule has 1 unspecified atom stereocenters. The molecule has 1 aliphatic rings. The SMILES string of the molecule is COc1ccccc1N1CCN(C(CCNC(=O)c2ccccc2)C(=O)NC(C)C)CC1. The zero-order chi connectivity index (χ0) is 22.9. The van der Waals surface area contributed by atoms with Crippen LogP contribution in [0.3, 0.4) is 0 Å². The number of piperazine rings is 1.